The Kier molecular flexibility index (Phi) is 5.61. The average Bonchev–Trinajstić information content (AvgIpc) is 2.64. The molecule has 3 rings (SSSR count). The lowest BCUT2D eigenvalue weighted by Gasteiger charge is -2.29. The summed E-state index contributed by atoms with van der Waals surface area (Å²) < 4.78 is 1.14. The standard InChI is InChI=1S/C19H23ClN4O2/c1-13-7-6-8-15(11-13)22-18(25)14(2)24-19(26)17(20)16(12-21-24)23-9-4-3-5-10-23/h6-8,11-12,14H,3-5,9-10H2,1-2H3,(H,22,25). The van der Waals surface area contributed by atoms with Gasteiger partial charge in [-0.25, -0.2) is 4.68 Å². The van der Waals surface area contributed by atoms with Crippen molar-refractivity contribution in [3.8, 4) is 0 Å². The number of halogens is 1. The van der Waals surface area contributed by atoms with E-state index in [0.29, 0.717) is 11.4 Å². The fourth-order valence-corrected chi connectivity index (χ4v) is 3.40. The Bertz CT molecular complexity index is 859. The topological polar surface area (TPSA) is 67.2 Å². The number of piperidine rings is 1. The maximum absolute atomic E-state index is 12.6. The zero-order valence-electron chi connectivity index (χ0n) is 15.0. The van der Waals surface area contributed by atoms with Gasteiger partial charge in [0.2, 0.25) is 5.91 Å². The van der Waals surface area contributed by atoms with Crippen molar-refractivity contribution >= 4 is 28.9 Å². The normalized spacial score (nSPS) is 15.6. The summed E-state index contributed by atoms with van der Waals surface area (Å²) in [6.45, 7) is 5.32. The molecule has 138 valence electrons. The quantitative estimate of drug-likeness (QED) is 0.890. The highest BCUT2D eigenvalue weighted by Gasteiger charge is 2.22. The van der Waals surface area contributed by atoms with Crippen LogP contribution in [0.1, 0.15) is 37.8 Å². The molecule has 1 aromatic heterocycles. The van der Waals surface area contributed by atoms with Crippen LogP contribution in [-0.2, 0) is 4.79 Å². The van der Waals surface area contributed by atoms with Gasteiger partial charge in [-0.1, -0.05) is 23.7 Å². The number of amides is 1. The van der Waals surface area contributed by atoms with Gasteiger partial charge in [0.15, 0.2) is 0 Å². The first-order chi connectivity index (χ1) is 12.5. The Morgan fingerprint density at radius 3 is 2.69 bits per heavy atom. The van der Waals surface area contributed by atoms with Crippen LogP contribution in [0.3, 0.4) is 0 Å². The molecular weight excluding hydrogens is 352 g/mol. The first kappa shape index (κ1) is 18.5. The molecule has 2 aromatic rings. The summed E-state index contributed by atoms with van der Waals surface area (Å²) in [5, 5.41) is 7.15. The van der Waals surface area contributed by atoms with Crippen LogP contribution in [0, 0.1) is 6.92 Å². The minimum atomic E-state index is -0.768. The predicted molar refractivity (Wildman–Crippen MR) is 104 cm³/mol. The summed E-state index contributed by atoms with van der Waals surface area (Å²) >= 11 is 6.31. The van der Waals surface area contributed by atoms with Crippen molar-refractivity contribution in [2.24, 2.45) is 0 Å². The molecule has 0 aliphatic carbocycles. The van der Waals surface area contributed by atoms with Crippen LogP contribution >= 0.6 is 11.6 Å². The fraction of sp³-hybridized carbons (Fsp3) is 0.421. The molecule has 0 radical (unpaired) electrons. The van der Waals surface area contributed by atoms with E-state index in [1.807, 2.05) is 25.1 Å². The van der Waals surface area contributed by atoms with Gasteiger partial charge >= 0.3 is 0 Å². The van der Waals surface area contributed by atoms with Crippen LogP contribution in [0.4, 0.5) is 11.4 Å². The Hall–Kier alpha value is -2.34. The van der Waals surface area contributed by atoms with Crippen LogP contribution in [0.15, 0.2) is 35.3 Å². The van der Waals surface area contributed by atoms with Crippen molar-refractivity contribution in [2.45, 2.75) is 39.2 Å². The van der Waals surface area contributed by atoms with Gasteiger partial charge < -0.3 is 10.2 Å². The smallest absolute Gasteiger partial charge is 0.288 e. The van der Waals surface area contributed by atoms with Crippen molar-refractivity contribution in [2.75, 3.05) is 23.3 Å². The Labute approximate surface area is 157 Å². The first-order valence-electron chi connectivity index (χ1n) is 8.87. The molecule has 1 aliphatic heterocycles. The highest BCUT2D eigenvalue weighted by molar-refractivity contribution is 6.33. The van der Waals surface area contributed by atoms with E-state index in [0.717, 1.165) is 36.2 Å². The number of hydrogen-bond donors (Lipinski definition) is 1. The number of carbonyl (C=O) groups excluding carboxylic acids is 1. The van der Waals surface area contributed by atoms with E-state index in [1.165, 1.54) is 6.42 Å². The molecule has 0 saturated carbocycles. The number of nitrogens with one attached hydrogen (secondary N) is 1. The van der Waals surface area contributed by atoms with E-state index >= 15 is 0 Å². The van der Waals surface area contributed by atoms with Gasteiger partial charge in [0.1, 0.15) is 11.1 Å². The van der Waals surface area contributed by atoms with Gasteiger partial charge in [-0.3, -0.25) is 9.59 Å². The summed E-state index contributed by atoms with van der Waals surface area (Å²) in [6.07, 6.45) is 4.93. The molecular formula is C19H23ClN4O2. The molecule has 1 aliphatic rings. The summed E-state index contributed by atoms with van der Waals surface area (Å²) in [5.41, 5.74) is 1.94. The summed E-state index contributed by atoms with van der Waals surface area (Å²) in [6, 6.07) is 6.72. The van der Waals surface area contributed by atoms with Crippen LogP contribution in [0.2, 0.25) is 5.02 Å². The van der Waals surface area contributed by atoms with Gasteiger partial charge in [0.25, 0.3) is 5.56 Å². The van der Waals surface area contributed by atoms with Crippen molar-refractivity contribution in [3.63, 3.8) is 0 Å². The molecule has 26 heavy (non-hydrogen) atoms. The SMILES string of the molecule is Cc1cccc(NC(=O)C(C)n2ncc(N3CCCCC3)c(Cl)c2=O)c1. The van der Waals surface area contributed by atoms with Crippen LogP contribution < -0.4 is 15.8 Å². The van der Waals surface area contributed by atoms with E-state index in [1.54, 1.807) is 19.2 Å². The maximum atomic E-state index is 12.6. The van der Waals surface area contributed by atoms with Crippen molar-refractivity contribution in [1.29, 1.82) is 0 Å². The highest BCUT2D eigenvalue weighted by Crippen LogP contribution is 2.25. The molecule has 1 amide bonds. The van der Waals surface area contributed by atoms with E-state index in [-0.39, 0.29) is 10.9 Å². The molecule has 0 spiro atoms. The predicted octanol–water partition coefficient (Wildman–Crippen LogP) is 3.40. The summed E-state index contributed by atoms with van der Waals surface area (Å²) in [4.78, 5) is 27.2. The number of anilines is 2. The molecule has 6 nitrogen and oxygen atoms in total. The number of aromatic nitrogens is 2. The zero-order valence-corrected chi connectivity index (χ0v) is 15.8. The lowest BCUT2D eigenvalue weighted by molar-refractivity contribution is -0.119. The summed E-state index contributed by atoms with van der Waals surface area (Å²) in [5.74, 6) is -0.313. The largest absolute Gasteiger partial charge is 0.369 e. The van der Waals surface area contributed by atoms with Gasteiger partial charge in [-0.05, 0) is 50.8 Å². The molecule has 0 bridgehead atoms. The number of nitrogens with zero attached hydrogens (tertiary/aromatic N) is 3. The van der Waals surface area contributed by atoms with Crippen molar-refractivity contribution < 1.29 is 4.79 Å². The lowest BCUT2D eigenvalue weighted by Crippen LogP contribution is -2.36. The Morgan fingerprint density at radius 1 is 1.27 bits per heavy atom. The van der Waals surface area contributed by atoms with Gasteiger partial charge in [-0.15, -0.1) is 0 Å². The van der Waals surface area contributed by atoms with E-state index in [2.05, 4.69) is 15.3 Å². The minimum absolute atomic E-state index is 0.122. The van der Waals surface area contributed by atoms with E-state index < -0.39 is 11.6 Å². The molecule has 1 atom stereocenters. The molecule has 2 heterocycles. The monoisotopic (exact) mass is 374 g/mol. The number of hydrogen-bond acceptors (Lipinski definition) is 4. The van der Waals surface area contributed by atoms with Gasteiger partial charge in [-0.2, -0.15) is 5.10 Å². The number of benzene rings is 1. The second-order valence-electron chi connectivity index (χ2n) is 6.68. The van der Waals surface area contributed by atoms with Crippen molar-refractivity contribution in [1.82, 2.24) is 9.78 Å². The molecule has 1 fully saturated rings. The third kappa shape index (κ3) is 3.90. The van der Waals surface area contributed by atoms with Crippen LogP contribution in [-0.4, -0.2) is 28.8 Å². The molecule has 1 aromatic carbocycles. The molecule has 7 heteroatoms. The van der Waals surface area contributed by atoms with E-state index in [9.17, 15) is 9.59 Å². The summed E-state index contributed by atoms with van der Waals surface area (Å²) in [7, 11) is 0. The fourth-order valence-electron chi connectivity index (χ4n) is 3.15. The zero-order chi connectivity index (χ0) is 18.7. The van der Waals surface area contributed by atoms with Crippen molar-refractivity contribution in [3.05, 3.63) is 51.4 Å². The molecule has 1 saturated heterocycles. The van der Waals surface area contributed by atoms with E-state index in [4.69, 9.17) is 11.6 Å². The number of carbonyl (C=O) groups is 1. The van der Waals surface area contributed by atoms with Crippen LogP contribution in [0.25, 0.3) is 0 Å². The Morgan fingerprint density at radius 2 is 2.00 bits per heavy atom. The highest BCUT2D eigenvalue weighted by atomic mass is 35.5. The number of rotatable bonds is 4. The van der Waals surface area contributed by atoms with Crippen LogP contribution in [0.5, 0.6) is 0 Å². The lowest BCUT2D eigenvalue weighted by atomic mass is 10.1. The second kappa shape index (κ2) is 7.91. The maximum Gasteiger partial charge on any atom is 0.288 e. The first-order valence-corrected chi connectivity index (χ1v) is 9.25. The number of aryl methyl sites for hydroxylation is 1. The average molecular weight is 375 g/mol. The third-order valence-electron chi connectivity index (χ3n) is 4.65. The Balaban J connectivity index is 1.80. The molecule has 1 unspecified atom stereocenters. The second-order valence-corrected chi connectivity index (χ2v) is 7.05. The minimum Gasteiger partial charge on any atom is -0.369 e. The third-order valence-corrected chi connectivity index (χ3v) is 5.01. The molecule has 1 N–H and O–H groups in total. The van der Waals surface area contributed by atoms with Gasteiger partial charge in [0.05, 0.1) is 11.9 Å². The van der Waals surface area contributed by atoms with Gasteiger partial charge in [0, 0.05) is 18.8 Å².